The molecule has 0 bridgehead atoms. The van der Waals surface area contributed by atoms with Gasteiger partial charge in [0.2, 0.25) is 0 Å². The van der Waals surface area contributed by atoms with Gasteiger partial charge in [-0.3, -0.25) is 0 Å². The molecule has 1 rings (SSSR count). The Morgan fingerprint density at radius 1 is 1.62 bits per heavy atom. The van der Waals surface area contributed by atoms with E-state index in [4.69, 9.17) is 5.26 Å². The van der Waals surface area contributed by atoms with Gasteiger partial charge < -0.3 is 9.67 Å². The summed E-state index contributed by atoms with van der Waals surface area (Å²) in [6, 6.07) is 3.90. The van der Waals surface area contributed by atoms with E-state index in [9.17, 15) is 5.11 Å². The third-order valence-corrected chi connectivity index (χ3v) is 2.00. The van der Waals surface area contributed by atoms with Crippen LogP contribution in [0.5, 0.6) is 0 Å². The third kappa shape index (κ3) is 2.33. The number of rotatable bonds is 3. The first-order valence-electron chi connectivity index (χ1n) is 4.36. The monoisotopic (exact) mass is 178 g/mol. The summed E-state index contributed by atoms with van der Waals surface area (Å²) in [7, 11) is 0. The van der Waals surface area contributed by atoms with Crippen LogP contribution in [0.3, 0.4) is 0 Å². The van der Waals surface area contributed by atoms with E-state index < -0.39 is 6.10 Å². The second-order valence-electron chi connectivity index (χ2n) is 3.46. The van der Waals surface area contributed by atoms with E-state index in [0.29, 0.717) is 6.54 Å². The maximum atomic E-state index is 9.68. The molecule has 1 aromatic rings. The zero-order chi connectivity index (χ0) is 9.84. The molecule has 0 saturated heterocycles. The molecule has 0 spiro atoms. The van der Waals surface area contributed by atoms with Crippen LogP contribution in [-0.2, 0) is 6.54 Å². The molecule has 0 aliphatic rings. The second kappa shape index (κ2) is 4.11. The fraction of sp³-hybridized carbons (Fsp3) is 0.500. The summed E-state index contributed by atoms with van der Waals surface area (Å²) in [5.41, 5.74) is 0.880. The van der Waals surface area contributed by atoms with Gasteiger partial charge in [0.15, 0.2) is 0 Å². The Balaban J connectivity index is 2.74. The molecule has 1 heterocycles. The zero-order valence-electron chi connectivity index (χ0n) is 7.94. The molecule has 0 fully saturated rings. The molecule has 1 atom stereocenters. The van der Waals surface area contributed by atoms with Crippen molar-refractivity contribution in [3.05, 3.63) is 24.0 Å². The Bertz CT molecular complexity index is 309. The molecular formula is C10H14N2O. The number of hydrogen-bond acceptors (Lipinski definition) is 2. The predicted octanol–water partition coefficient (Wildman–Crippen LogP) is 1.70. The number of nitriles is 1. The minimum absolute atomic E-state index is 0.206. The van der Waals surface area contributed by atoms with Crippen LogP contribution in [0.25, 0.3) is 0 Å². The van der Waals surface area contributed by atoms with Crippen molar-refractivity contribution in [3.8, 4) is 6.07 Å². The summed E-state index contributed by atoms with van der Waals surface area (Å²) in [6.07, 6.45) is 3.19. The number of aromatic nitrogens is 1. The quantitative estimate of drug-likeness (QED) is 0.765. The van der Waals surface area contributed by atoms with E-state index in [1.165, 1.54) is 0 Å². The fourth-order valence-electron chi connectivity index (χ4n) is 1.20. The SMILES string of the molecule is CC(C)C(O)c1ccn(CC#N)c1. The number of aliphatic hydroxyl groups excluding tert-OH is 1. The fourth-order valence-corrected chi connectivity index (χ4v) is 1.20. The summed E-state index contributed by atoms with van der Waals surface area (Å²) in [6.45, 7) is 4.27. The lowest BCUT2D eigenvalue weighted by Crippen LogP contribution is -2.04. The van der Waals surface area contributed by atoms with Gasteiger partial charge in [-0.05, 0) is 17.5 Å². The minimum Gasteiger partial charge on any atom is -0.388 e. The maximum absolute atomic E-state index is 9.68. The van der Waals surface area contributed by atoms with Gasteiger partial charge in [0.1, 0.15) is 6.54 Å². The van der Waals surface area contributed by atoms with Gasteiger partial charge in [0.05, 0.1) is 12.2 Å². The highest BCUT2D eigenvalue weighted by Gasteiger charge is 2.12. The summed E-state index contributed by atoms with van der Waals surface area (Å²) in [5, 5.41) is 18.1. The smallest absolute Gasteiger partial charge is 0.109 e. The highest BCUT2D eigenvalue weighted by atomic mass is 16.3. The second-order valence-corrected chi connectivity index (χ2v) is 3.46. The summed E-state index contributed by atoms with van der Waals surface area (Å²) < 4.78 is 1.76. The van der Waals surface area contributed by atoms with Crippen molar-refractivity contribution in [2.45, 2.75) is 26.5 Å². The molecule has 0 aromatic carbocycles. The number of aliphatic hydroxyl groups is 1. The van der Waals surface area contributed by atoms with Crippen molar-refractivity contribution in [3.63, 3.8) is 0 Å². The van der Waals surface area contributed by atoms with Crippen molar-refractivity contribution >= 4 is 0 Å². The lowest BCUT2D eigenvalue weighted by atomic mass is 10.0. The highest BCUT2D eigenvalue weighted by molar-refractivity contribution is 5.14. The molecule has 1 aromatic heterocycles. The van der Waals surface area contributed by atoms with Crippen LogP contribution in [-0.4, -0.2) is 9.67 Å². The van der Waals surface area contributed by atoms with E-state index in [-0.39, 0.29) is 5.92 Å². The van der Waals surface area contributed by atoms with Crippen LogP contribution >= 0.6 is 0 Å². The van der Waals surface area contributed by atoms with E-state index in [2.05, 4.69) is 0 Å². The van der Waals surface area contributed by atoms with Crippen LogP contribution in [0.1, 0.15) is 25.5 Å². The van der Waals surface area contributed by atoms with E-state index in [1.807, 2.05) is 38.4 Å². The molecule has 13 heavy (non-hydrogen) atoms. The van der Waals surface area contributed by atoms with Crippen LogP contribution in [0, 0.1) is 17.2 Å². The Hall–Kier alpha value is -1.27. The van der Waals surface area contributed by atoms with Crippen LogP contribution in [0.4, 0.5) is 0 Å². The molecule has 0 amide bonds. The van der Waals surface area contributed by atoms with Crippen molar-refractivity contribution in [2.75, 3.05) is 0 Å². The molecule has 0 radical (unpaired) electrons. The van der Waals surface area contributed by atoms with E-state index in [1.54, 1.807) is 4.57 Å². The minimum atomic E-state index is -0.431. The molecular weight excluding hydrogens is 164 g/mol. The molecule has 3 heteroatoms. The van der Waals surface area contributed by atoms with Crippen molar-refractivity contribution < 1.29 is 5.11 Å². The molecule has 0 saturated carbocycles. The lowest BCUT2D eigenvalue weighted by Gasteiger charge is -2.11. The normalized spacial score (nSPS) is 12.8. The molecule has 0 aliphatic heterocycles. The number of nitrogens with zero attached hydrogens (tertiary/aromatic N) is 2. The topological polar surface area (TPSA) is 49.0 Å². The van der Waals surface area contributed by atoms with Crippen molar-refractivity contribution in [1.82, 2.24) is 4.57 Å². The predicted molar refractivity (Wildman–Crippen MR) is 49.8 cm³/mol. The first-order valence-corrected chi connectivity index (χ1v) is 4.36. The average molecular weight is 178 g/mol. The maximum Gasteiger partial charge on any atom is 0.109 e. The summed E-state index contributed by atoms with van der Waals surface area (Å²) in [5.74, 6) is 0.206. The van der Waals surface area contributed by atoms with E-state index in [0.717, 1.165) is 5.56 Å². The van der Waals surface area contributed by atoms with Crippen molar-refractivity contribution in [1.29, 1.82) is 5.26 Å². The molecule has 1 unspecified atom stereocenters. The van der Waals surface area contributed by atoms with Gasteiger partial charge in [-0.25, -0.2) is 0 Å². The van der Waals surface area contributed by atoms with Gasteiger partial charge in [0, 0.05) is 12.4 Å². The van der Waals surface area contributed by atoms with Gasteiger partial charge in [0.25, 0.3) is 0 Å². The third-order valence-electron chi connectivity index (χ3n) is 2.00. The summed E-state index contributed by atoms with van der Waals surface area (Å²) in [4.78, 5) is 0. The first-order chi connectivity index (χ1) is 6.15. The van der Waals surface area contributed by atoms with Gasteiger partial charge in [-0.15, -0.1) is 0 Å². The molecule has 70 valence electrons. The van der Waals surface area contributed by atoms with Crippen LogP contribution in [0.15, 0.2) is 18.5 Å². The first kappa shape index (κ1) is 9.82. The lowest BCUT2D eigenvalue weighted by molar-refractivity contribution is 0.127. The van der Waals surface area contributed by atoms with Crippen LogP contribution in [0.2, 0.25) is 0 Å². The van der Waals surface area contributed by atoms with Crippen LogP contribution < -0.4 is 0 Å². The van der Waals surface area contributed by atoms with Gasteiger partial charge in [-0.1, -0.05) is 13.8 Å². The molecule has 0 aliphatic carbocycles. The largest absolute Gasteiger partial charge is 0.388 e. The Labute approximate surface area is 78.2 Å². The Kier molecular flexibility index (Phi) is 3.10. The van der Waals surface area contributed by atoms with E-state index >= 15 is 0 Å². The molecule has 1 N–H and O–H groups in total. The Morgan fingerprint density at radius 3 is 2.85 bits per heavy atom. The van der Waals surface area contributed by atoms with Gasteiger partial charge >= 0.3 is 0 Å². The zero-order valence-corrected chi connectivity index (χ0v) is 7.94. The average Bonchev–Trinajstić information content (AvgIpc) is 2.52. The molecule has 3 nitrogen and oxygen atoms in total. The number of hydrogen-bond donors (Lipinski definition) is 1. The highest BCUT2D eigenvalue weighted by Crippen LogP contribution is 2.21. The standard InChI is InChI=1S/C10H14N2O/c1-8(2)10(13)9-3-5-12(7-9)6-4-11/h3,5,7-8,10,13H,6H2,1-2H3. The van der Waals surface area contributed by atoms with Crippen molar-refractivity contribution in [2.24, 2.45) is 5.92 Å². The van der Waals surface area contributed by atoms with Gasteiger partial charge in [-0.2, -0.15) is 5.26 Å². The Morgan fingerprint density at radius 2 is 2.31 bits per heavy atom. The summed E-state index contributed by atoms with van der Waals surface area (Å²) >= 11 is 0.